The van der Waals surface area contributed by atoms with E-state index in [-0.39, 0.29) is 0 Å². The summed E-state index contributed by atoms with van der Waals surface area (Å²) in [6.45, 7) is 5.72. The molecule has 2 rings (SSSR count). The van der Waals surface area contributed by atoms with Gasteiger partial charge in [0.15, 0.2) is 0 Å². The number of hydrogen-bond acceptors (Lipinski definition) is 4. The summed E-state index contributed by atoms with van der Waals surface area (Å²) >= 11 is 2.06. The van der Waals surface area contributed by atoms with Crippen LogP contribution < -0.4 is 5.32 Å². The first-order valence-corrected chi connectivity index (χ1v) is 7.39. The van der Waals surface area contributed by atoms with Gasteiger partial charge in [0.05, 0.1) is 0 Å². The van der Waals surface area contributed by atoms with Gasteiger partial charge in [0.2, 0.25) is 0 Å². The highest BCUT2D eigenvalue weighted by Crippen LogP contribution is 2.33. The van der Waals surface area contributed by atoms with Crippen molar-refractivity contribution in [1.29, 1.82) is 0 Å². The smallest absolute Gasteiger partial charge is 0.133 e. The summed E-state index contributed by atoms with van der Waals surface area (Å²) in [5, 5.41) is 11.7. The van der Waals surface area contributed by atoms with Crippen molar-refractivity contribution in [2.24, 2.45) is 12.5 Å². The molecule has 17 heavy (non-hydrogen) atoms. The van der Waals surface area contributed by atoms with Crippen LogP contribution in [-0.2, 0) is 13.5 Å². The van der Waals surface area contributed by atoms with Gasteiger partial charge in [0.1, 0.15) is 12.2 Å². The van der Waals surface area contributed by atoms with E-state index in [0.29, 0.717) is 11.5 Å². The average molecular weight is 254 g/mol. The monoisotopic (exact) mass is 254 g/mol. The molecule has 0 radical (unpaired) electrons. The Balaban J connectivity index is 1.80. The normalized spacial score (nSPS) is 23.8. The molecule has 1 aromatic rings. The van der Waals surface area contributed by atoms with E-state index in [1.165, 1.54) is 17.9 Å². The van der Waals surface area contributed by atoms with E-state index >= 15 is 0 Å². The molecule has 96 valence electrons. The molecule has 1 aromatic heterocycles. The summed E-state index contributed by atoms with van der Waals surface area (Å²) in [7, 11) is 2.00. The third-order valence-electron chi connectivity index (χ3n) is 3.66. The molecule has 0 bridgehead atoms. The van der Waals surface area contributed by atoms with Gasteiger partial charge in [-0.2, -0.15) is 11.8 Å². The van der Waals surface area contributed by atoms with E-state index in [1.807, 2.05) is 11.6 Å². The maximum absolute atomic E-state index is 4.10. The van der Waals surface area contributed by atoms with Crippen LogP contribution in [0.25, 0.3) is 0 Å². The molecule has 1 saturated heterocycles. The molecule has 4 nitrogen and oxygen atoms in total. The van der Waals surface area contributed by atoms with Crippen molar-refractivity contribution < 1.29 is 0 Å². The molecule has 1 fully saturated rings. The molecule has 1 aliphatic heterocycles. The van der Waals surface area contributed by atoms with Gasteiger partial charge in [-0.25, -0.2) is 0 Å². The van der Waals surface area contributed by atoms with E-state index in [2.05, 4.69) is 41.1 Å². The topological polar surface area (TPSA) is 42.7 Å². The summed E-state index contributed by atoms with van der Waals surface area (Å²) < 4.78 is 1.99. The van der Waals surface area contributed by atoms with E-state index in [0.717, 1.165) is 18.8 Å². The quantitative estimate of drug-likeness (QED) is 0.884. The molecule has 0 spiro atoms. The predicted octanol–water partition coefficient (Wildman–Crippen LogP) is 1.48. The molecule has 0 amide bonds. The largest absolute Gasteiger partial charge is 0.321 e. The summed E-state index contributed by atoms with van der Waals surface area (Å²) in [6.07, 6.45) is 4.02. The summed E-state index contributed by atoms with van der Waals surface area (Å²) in [5.74, 6) is 3.58. The molecule has 1 aliphatic rings. The summed E-state index contributed by atoms with van der Waals surface area (Å²) in [5.41, 5.74) is 0.422. The number of thioether (sulfide) groups is 1. The van der Waals surface area contributed by atoms with Crippen molar-refractivity contribution >= 4 is 11.8 Å². The van der Waals surface area contributed by atoms with E-state index in [9.17, 15) is 0 Å². The van der Waals surface area contributed by atoms with Gasteiger partial charge >= 0.3 is 0 Å². The molecule has 0 aliphatic carbocycles. The van der Waals surface area contributed by atoms with Crippen LogP contribution in [-0.4, -0.2) is 38.9 Å². The molecular weight excluding hydrogens is 232 g/mol. The fourth-order valence-corrected chi connectivity index (χ4v) is 3.80. The van der Waals surface area contributed by atoms with Crippen molar-refractivity contribution in [3.8, 4) is 0 Å². The zero-order chi connectivity index (χ0) is 12.3. The number of rotatable bonds is 4. The van der Waals surface area contributed by atoms with Crippen molar-refractivity contribution in [1.82, 2.24) is 20.1 Å². The van der Waals surface area contributed by atoms with Crippen LogP contribution in [0.15, 0.2) is 6.33 Å². The van der Waals surface area contributed by atoms with Gasteiger partial charge < -0.3 is 9.88 Å². The zero-order valence-corrected chi connectivity index (χ0v) is 11.8. The standard InChI is InChI=1S/C12H22N4S/c1-12(2)5-7-17-8-10(12)13-6-4-11-15-14-9-16(11)3/h9-10,13H,4-8H2,1-3H3. The zero-order valence-electron chi connectivity index (χ0n) is 10.9. The summed E-state index contributed by atoms with van der Waals surface area (Å²) in [6, 6.07) is 0.620. The fraction of sp³-hybridized carbons (Fsp3) is 0.833. The molecule has 0 saturated carbocycles. The van der Waals surface area contributed by atoms with Crippen molar-refractivity contribution in [3.63, 3.8) is 0 Å². The lowest BCUT2D eigenvalue weighted by molar-refractivity contribution is 0.247. The van der Waals surface area contributed by atoms with Crippen LogP contribution in [0, 0.1) is 5.41 Å². The second-order valence-electron chi connectivity index (χ2n) is 5.43. The number of nitrogens with one attached hydrogen (secondary N) is 1. The Kier molecular flexibility index (Phi) is 4.09. The number of aryl methyl sites for hydroxylation is 1. The highest BCUT2D eigenvalue weighted by molar-refractivity contribution is 7.99. The minimum absolute atomic E-state index is 0.422. The Morgan fingerprint density at radius 2 is 2.41 bits per heavy atom. The average Bonchev–Trinajstić information content (AvgIpc) is 2.67. The highest BCUT2D eigenvalue weighted by atomic mass is 32.2. The van der Waals surface area contributed by atoms with Crippen molar-refractivity contribution in [3.05, 3.63) is 12.2 Å². The van der Waals surface area contributed by atoms with E-state index in [1.54, 1.807) is 6.33 Å². The molecule has 0 aromatic carbocycles. The second kappa shape index (κ2) is 5.40. The summed E-state index contributed by atoms with van der Waals surface area (Å²) in [4.78, 5) is 0. The van der Waals surface area contributed by atoms with E-state index < -0.39 is 0 Å². The van der Waals surface area contributed by atoms with Gasteiger partial charge in [0.25, 0.3) is 0 Å². The van der Waals surface area contributed by atoms with Gasteiger partial charge in [-0.05, 0) is 17.6 Å². The van der Waals surface area contributed by atoms with E-state index in [4.69, 9.17) is 0 Å². The minimum atomic E-state index is 0.422. The molecule has 1 N–H and O–H groups in total. The Hall–Kier alpha value is -0.550. The van der Waals surface area contributed by atoms with Crippen LogP contribution >= 0.6 is 11.8 Å². The lowest BCUT2D eigenvalue weighted by Crippen LogP contribution is -2.47. The SMILES string of the molecule is Cn1cnnc1CCNC1CSCCC1(C)C. The van der Waals surface area contributed by atoms with Crippen LogP contribution in [0.3, 0.4) is 0 Å². The Bertz CT molecular complexity index is 361. The lowest BCUT2D eigenvalue weighted by atomic mass is 9.82. The Morgan fingerprint density at radius 3 is 3.06 bits per heavy atom. The van der Waals surface area contributed by atoms with Crippen molar-refractivity contribution in [2.75, 3.05) is 18.1 Å². The highest BCUT2D eigenvalue weighted by Gasteiger charge is 2.31. The van der Waals surface area contributed by atoms with Gasteiger partial charge in [0, 0.05) is 31.8 Å². The molecule has 2 heterocycles. The number of nitrogens with zero attached hydrogens (tertiary/aromatic N) is 3. The number of aromatic nitrogens is 3. The van der Waals surface area contributed by atoms with Crippen LogP contribution in [0.4, 0.5) is 0 Å². The molecule has 1 atom stereocenters. The molecule has 1 unspecified atom stereocenters. The first-order chi connectivity index (χ1) is 8.09. The third-order valence-corrected chi connectivity index (χ3v) is 4.72. The predicted molar refractivity (Wildman–Crippen MR) is 72.2 cm³/mol. The first-order valence-electron chi connectivity index (χ1n) is 6.23. The lowest BCUT2D eigenvalue weighted by Gasteiger charge is -2.38. The maximum Gasteiger partial charge on any atom is 0.133 e. The second-order valence-corrected chi connectivity index (χ2v) is 6.58. The van der Waals surface area contributed by atoms with Crippen molar-refractivity contribution in [2.45, 2.75) is 32.7 Å². The maximum atomic E-state index is 4.10. The molecule has 5 heteroatoms. The Morgan fingerprint density at radius 1 is 1.59 bits per heavy atom. The van der Waals surface area contributed by atoms with Crippen LogP contribution in [0.5, 0.6) is 0 Å². The van der Waals surface area contributed by atoms with Gasteiger partial charge in [-0.3, -0.25) is 0 Å². The van der Waals surface area contributed by atoms with Crippen LogP contribution in [0.1, 0.15) is 26.1 Å². The van der Waals surface area contributed by atoms with Crippen LogP contribution in [0.2, 0.25) is 0 Å². The minimum Gasteiger partial charge on any atom is -0.321 e. The molecular formula is C12H22N4S. The van der Waals surface area contributed by atoms with Gasteiger partial charge in [-0.1, -0.05) is 13.8 Å². The Labute approximate surface area is 108 Å². The third kappa shape index (κ3) is 3.22. The van der Waals surface area contributed by atoms with Gasteiger partial charge in [-0.15, -0.1) is 10.2 Å². The first kappa shape index (κ1) is 12.9. The fourth-order valence-electron chi connectivity index (χ4n) is 2.16. The number of hydrogen-bond donors (Lipinski definition) is 1.